The van der Waals surface area contributed by atoms with Gasteiger partial charge in [0.2, 0.25) is 0 Å². The molecule has 6 unspecified atom stereocenters. The number of rotatable bonds is 9. The molecule has 2 saturated carbocycles. The maximum absolute atomic E-state index is 2.65. The van der Waals surface area contributed by atoms with E-state index in [1.54, 1.807) is 0 Å². The number of benzene rings is 11. The zero-order chi connectivity index (χ0) is 55.6. The molecule has 83 heavy (non-hydrogen) atoms. The zero-order valence-corrected chi connectivity index (χ0v) is 47.9. The molecule has 2 bridgehead atoms. The van der Waals surface area contributed by atoms with Crippen LogP contribution in [0.4, 0.5) is 34.1 Å². The van der Waals surface area contributed by atoms with Gasteiger partial charge in [0, 0.05) is 39.3 Å². The molecule has 0 aromatic heterocycles. The summed E-state index contributed by atoms with van der Waals surface area (Å²) in [6.07, 6.45) is 5.33. The van der Waals surface area contributed by atoms with Crippen molar-refractivity contribution in [3.63, 3.8) is 0 Å². The lowest BCUT2D eigenvalue weighted by molar-refractivity contribution is 0.0856. The minimum atomic E-state index is -0.679. The van der Waals surface area contributed by atoms with Crippen molar-refractivity contribution in [1.82, 2.24) is 0 Å². The lowest BCUT2D eigenvalue weighted by Crippen LogP contribution is -2.35. The molecule has 5 aliphatic rings. The number of hydrogen-bond acceptors (Lipinski definition) is 2. The van der Waals surface area contributed by atoms with Gasteiger partial charge >= 0.3 is 0 Å². The highest BCUT2D eigenvalue weighted by molar-refractivity contribution is 6.03. The molecule has 1 spiro atoms. The normalized spacial score (nSPS) is 20.8. The van der Waals surface area contributed by atoms with E-state index in [1.807, 2.05) is 0 Å². The first-order valence-corrected chi connectivity index (χ1v) is 30.5. The Labute approximate surface area is 490 Å². The summed E-state index contributed by atoms with van der Waals surface area (Å²) in [7, 11) is 0. The smallest absolute Gasteiger partial charge is 0.0727 e. The first kappa shape index (κ1) is 49.8. The van der Waals surface area contributed by atoms with Crippen molar-refractivity contribution in [2.75, 3.05) is 9.80 Å². The standard InChI is InChI=1S/C81H68N2/c1-52-43-54-45-53(2)79(56(44-52)46-54)65-37-18-17-33-61(65)70-49-69-64-36-21-24-40-74(64)81(76(69)51-78(70)82(57-27-11-6-12-28-57)58-29-13-7-14-30-58)73-39-23-20-35-63(73)68-48-66(55-25-9-5-10-26-55)77(50-75(68)81)83(59-31-15-8-16-32-59)60-41-42-72-67(47-60)62-34-19-22-38-71(62)80(72,3)4/h5-42,47-54,56,79H,43-46H2,1-4H3. The van der Waals surface area contributed by atoms with E-state index < -0.39 is 5.41 Å². The molecule has 6 atom stereocenters. The van der Waals surface area contributed by atoms with Gasteiger partial charge in [-0.2, -0.15) is 0 Å². The van der Waals surface area contributed by atoms with Crippen LogP contribution >= 0.6 is 0 Å². The van der Waals surface area contributed by atoms with Crippen molar-refractivity contribution >= 4 is 34.1 Å². The Balaban J connectivity index is 1.000. The van der Waals surface area contributed by atoms with Crippen LogP contribution in [0.25, 0.3) is 55.6 Å². The molecule has 5 aliphatic carbocycles. The Kier molecular flexibility index (Phi) is 11.6. The van der Waals surface area contributed by atoms with E-state index in [0.29, 0.717) is 17.8 Å². The summed E-state index contributed by atoms with van der Waals surface area (Å²) in [5.41, 5.74) is 28.4. The molecule has 0 aliphatic heterocycles. The highest BCUT2D eigenvalue weighted by atomic mass is 15.2. The van der Waals surface area contributed by atoms with Gasteiger partial charge in [-0.3, -0.25) is 0 Å². The lowest BCUT2D eigenvalue weighted by Gasteiger charge is -2.47. The molecule has 2 nitrogen and oxygen atoms in total. The summed E-state index contributed by atoms with van der Waals surface area (Å²) in [5.74, 6) is 3.35. The largest absolute Gasteiger partial charge is 0.310 e. The third-order valence-corrected chi connectivity index (χ3v) is 20.3. The predicted molar refractivity (Wildman–Crippen MR) is 347 cm³/mol. The molecule has 0 heterocycles. The third-order valence-electron chi connectivity index (χ3n) is 20.3. The van der Waals surface area contributed by atoms with Gasteiger partial charge in [0.05, 0.1) is 16.8 Å². The SMILES string of the molecule is CC1CC2CC(C)C(c3ccccc3-c3cc4c(cc3N(c3ccccc3)c3ccccc3)C3(c5ccccc5-c5cc(-c6ccccc6)c(N(c6ccccc6)c6ccc7c(c6)-c6ccccc6C7(C)C)cc53)c3ccccc3-4)C(C1)C2. The van der Waals surface area contributed by atoms with Crippen molar-refractivity contribution in [2.45, 2.75) is 70.1 Å². The number of fused-ring (bicyclic) bond motifs is 15. The second-order valence-electron chi connectivity index (χ2n) is 25.4. The van der Waals surface area contributed by atoms with Gasteiger partial charge in [0.25, 0.3) is 0 Å². The molecule has 2 fully saturated rings. The number of anilines is 6. The number of nitrogens with zero attached hydrogens (tertiary/aromatic N) is 2. The summed E-state index contributed by atoms with van der Waals surface area (Å²) in [6.45, 7) is 9.83. The summed E-state index contributed by atoms with van der Waals surface area (Å²) in [6, 6.07) is 99.5. The van der Waals surface area contributed by atoms with Gasteiger partial charge in [0.1, 0.15) is 0 Å². The highest BCUT2D eigenvalue weighted by Crippen LogP contribution is 2.66. The van der Waals surface area contributed by atoms with Crippen molar-refractivity contribution in [3.05, 3.63) is 300 Å². The predicted octanol–water partition coefficient (Wildman–Crippen LogP) is 21.8. The van der Waals surface area contributed by atoms with Crippen molar-refractivity contribution in [3.8, 4) is 55.6 Å². The van der Waals surface area contributed by atoms with Gasteiger partial charge in [-0.25, -0.2) is 0 Å². The van der Waals surface area contributed by atoms with Crippen LogP contribution in [0.3, 0.4) is 0 Å². The van der Waals surface area contributed by atoms with E-state index in [0.717, 1.165) is 40.3 Å². The van der Waals surface area contributed by atoms with Crippen LogP contribution in [0.5, 0.6) is 0 Å². The van der Waals surface area contributed by atoms with Crippen LogP contribution in [-0.4, -0.2) is 0 Å². The van der Waals surface area contributed by atoms with E-state index in [4.69, 9.17) is 0 Å². The van der Waals surface area contributed by atoms with E-state index >= 15 is 0 Å². The monoisotopic (exact) mass is 1070 g/mol. The first-order valence-electron chi connectivity index (χ1n) is 30.5. The maximum atomic E-state index is 2.65. The average Bonchev–Trinajstić information content (AvgIpc) is 1.87. The molecule has 402 valence electrons. The van der Waals surface area contributed by atoms with Gasteiger partial charge < -0.3 is 9.80 Å². The molecular formula is C81H68N2. The van der Waals surface area contributed by atoms with Crippen LogP contribution in [-0.2, 0) is 10.8 Å². The number of para-hydroxylation sites is 3. The Hall–Kier alpha value is -8.98. The van der Waals surface area contributed by atoms with E-state index in [1.165, 1.54) is 126 Å². The molecule has 11 aromatic carbocycles. The fourth-order valence-corrected chi connectivity index (χ4v) is 17.1. The molecule has 0 radical (unpaired) electrons. The summed E-state index contributed by atoms with van der Waals surface area (Å²) in [5, 5.41) is 0. The highest BCUT2D eigenvalue weighted by Gasteiger charge is 2.53. The summed E-state index contributed by atoms with van der Waals surface area (Å²) in [4.78, 5) is 5.11. The molecular weight excluding hydrogens is 1000 g/mol. The first-order chi connectivity index (χ1) is 40.8. The Bertz CT molecular complexity index is 4270. The van der Waals surface area contributed by atoms with E-state index in [9.17, 15) is 0 Å². The summed E-state index contributed by atoms with van der Waals surface area (Å²) < 4.78 is 0. The van der Waals surface area contributed by atoms with Crippen molar-refractivity contribution < 1.29 is 0 Å². The minimum Gasteiger partial charge on any atom is -0.310 e. The topological polar surface area (TPSA) is 6.48 Å². The Morgan fingerprint density at radius 3 is 1.36 bits per heavy atom. The molecule has 0 saturated heterocycles. The van der Waals surface area contributed by atoms with E-state index in [2.05, 4.69) is 298 Å². The molecule has 0 N–H and O–H groups in total. The van der Waals surface area contributed by atoms with Gasteiger partial charge in [-0.1, -0.05) is 216 Å². The van der Waals surface area contributed by atoms with Crippen molar-refractivity contribution in [1.29, 1.82) is 0 Å². The Morgan fingerprint density at radius 1 is 0.325 bits per heavy atom. The quantitative estimate of drug-likeness (QED) is 0.142. The van der Waals surface area contributed by atoms with Gasteiger partial charge in [0.15, 0.2) is 0 Å². The lowest BCUT2D eigenvalue weighted by atomic mass is 9.58. The molecule has 0 amide bonds. The molecule has 11 aromatic rings. The fourth-order valence-electron chi connectivity index (χ4n) is 17.1. The second-order valence-corrected chi connectivity index (χ2v) is 25.4. The van der Waals surface area contributed by atoms with Crippen molar-refractivity contribution in [2.24, 2.45) is 23.7 Å². The second kappa shape index (κ2) is 19.3. The maximum Gasteiger partial charge on any atom is 0.0727 e. The Morgan fingerprint density at radius 2 is 0.771 bits per heavy atom. The van der Waals surface area contributed by atoms with Crippen LogP contribution in [0.2, 0.25) is 0 Å². The third kappa shape index (κ3) is 7.61. The van der Waals surface area contributed by atoms with Gasteiger partial charge in [-0.05, 0) is 212 Å². The minimum absolute atomic E-state index is 0.115. The van der Waals surface area contributed by atoms with Crippen LogP contribution in [0, 0.1) is 23.7 Å². The van der Waals surface area contributed by atoms with Crippen LogP contribution in [0.1, 0.15) is 98.2 Å². The number of hydrogen-bond donors (Lipinski definition) is 0. The van der Waals surface area contributed by atoms with Gasteiger partial charge in [-0.15, -0.1) is 0 Å². The average molecular weight is 1070 g/mol. The fraction of sp³-hybridized carbons (Fsp3) is 0.185. The summed E-state index contributed by atoms with van der Waals surface area (Å²) >= 11 is 0. The van der Waals surface area contributed by atoms with E-state index in [-0.39, 0.29) is 5.41 Å². The molecule has 16 rings (SSSR count). The molecule has 2 heteroatoms. The van der Waals surface area contributed by atoms with Crippen LogP contribution in [0.15, 0.2) is 261 Å². The van der Waals surface area contributed by atoms with Crippen LogP contribution < -0.4 is 9.80 Å². The zero-order valence-electron chi connectivity index (χ0n) is 47.9.